The molecule has 0 radical (unpaired) electrons. The molecule has 2 nitrogen and oxygen atoms in total. The summed E-state index contributed by atoms with van der Waals surface area (Å²) in [5.74, 6) is 0. The molecule has 1 fully saturated rings. The smallest absolute Gasteiger partial charge is 0.311 e. The molecule has 102 valence electrons. The maximum atomic E-state index is 12.3. The summed E-state index contributed by atoms with van der Waals surface area (Å²) < 4.78 is 37.0. The van der Waals surface area contributed by atoms with Crippen molar-refractivity contribution < 1.29 is 13.2 Å². The Morgan fingerprint density at radius 2 is 1.88 bits per heavy atom. The maximum Gasteiger partial charge on any atom is 0.390 e. The minimum atomic E-state index is -4.07. The number of halogens is 3. The van der Waals surface area contributed by atoms with Crippen LogP contribution in [0.1, 0.15) is 34.1 Å². The van der Waals surface area contributed by atoms with Crippen molar-refractivity contribution >= 4 is 0 Å². The number of hydrogen-bond acceptors (Lipinski definition) is 2. The van der Waals surface area contributed by atoms with Gasteiger partial charge in [0.1, 0.15) is 0 Å². The molecule has 0 aliphatic carbocycles. The van der Waals surface area contributed by atoms with Crippen molar-refractivity contribution in [3.63, 3.8) is 0 Å². The summed E-state index contributed by atoms with van der Waals surface area (Å²) in [6.07, 6.45) is -4.79. The minimum absolute atomic E-state index is 0.0800. The highest BCUT2D eigenvalue weighted by Gasteiger charge is 2.36. The van der Waals surface area contributed by atoms with Gasteiger partial charge in [0.05, 0.1) is 6.42 Å². The first kappa shape index (κ1) is 14.8. The van der Waals surface area contributed by atoms with E-state index in [0.29, 0.717) is 13.1 Å². The predicted molar refractivity (Wildman–Crippen MR) is 63.0 cm³/mol. The van der Waals surface area contributed by atoms with Gasteiger partial charge in [-0.2, -0.15) is 13.2 Å². The van der Waals surface area contributed by atoms with Crippen LogP contribution in [0.3, 0.4) is 0 Å². The standard InChI is InChI=1S/C12H23F3N2/c1-9(7-12(13,14)15)17-6-5-16-10(8-17)11(2,3)4/h9-10,16H,5-8H2,1-4H3. The second-order valence-corrected chi connectivity index (χ2v) is 6.04. The minimum Gasteiger partial charge on any atom is -0.311 e. The van der Waals surface area contributed by atoms with Gasteiger partial charge in [-0.25, -0.2) is 0 Å². The Labute approximate surface area is 102 Å². The van der Waals surface area contributed by atoms with Gasteiger partial charge in [0.2, 0.25) is 0 Å². The molecule has 0 aromatic carbocycles. The Morgan fingerprint density at radius 3 is 2.35 bits per heavy atom. The third-order valence-corrected chi connectivity index (χ3v) is 3.40. The van der Waals surface area contributed by atoms with E-state index in [1.54, 1.807) is 6.92 Å². The topological polar surface area (TPSA) is 15.3 Å². The largest absolute Gasteiger partial charge is 0.390 e. The highest BCUT2D eigenvalue weighted by molar-refractivity contribution is 4.89. The van der Waals surface area contributed by atoms with Gasteiger partial charge < -0.3 is 5.32 Å². The Kier molecular flexibility index (Phi) is 4.47. The molecule has 5 heteroatoms. The molecule has 1 saturated heterocycles. The molecule has 17 heavy (non-hydrogen) atoms. The van der Waals surface area contributed by atoms with Crippen LogP contribution in [0.25, 0.3) is 0 Å². The van der Waals surface area contributed by atoms with E-state index in [-0.39, 0.29) is 11.5 Å². The number of rotatable bonds is 2. The fraction of sp³-hybridized carbons (Fsp3) is 1.00. The zero-order chi connectivity index (χ0) is 13.3. The number of nitrogens with one attached hydrogen (secondary N) is 1. The molecule has 1 rings (SSSR count). The average Bonchev–Trinajstić information content (AvgIpc) is 2.14. The normalized spacial score (nSPS) is 25.9. The van der Waals surface area contributed by atoms with Crippen LogP contribution in [-0.2, 0) is 0 Å². The lowest BCUT2D eigenvalue weighted by atomic mass is 9.85. The molecule has 1 N–H and O–H groups in total. The van der Waals surface area contributed by atoms with Crippen molar-refractivity contribution in [3.05, 3.63) is 0 Å². The third kappa shape index (κ3) is 4.84. The number of piperazine rings is 1. The van der Waals surface area contributed by atoms with Gasteiger partial charge >= 0.3 is 6.18 Å². The van der Waals surface area contributed by atoms with Crippen LogP contribution < -0.4 is 5.32 Å². The van der Waals surface area contributed by atoms with Crippen molar-refractivity contribution in [1.82, 2.24) is 10.2 Å². The summed E-state index contributed by atoms with van der Waals surface area (Å²) >= 11 is 0. The van der Waals surface area contributed by atoms with Crippen LogP contribution in [0, 0.1) is 5.41 Å². The average molecular weight is 252 g/mol. The van der Waals surface area contributed by atoms with E-state index in [0.717, 1.165) is 6.54 Å². The first-order valence-corrected chi connectivity index (χ1v) is 6.14. The van der Waals surface area contributed by atoms with E-state index in [1.165, 1.54) is 0 Å². The predicted octanol–water partition coefficient (Wildman–Crippen LogP) is 2.65. The molecule has 0 saturated carbocycles. The second-order valence-electron chi connectivity index (χ2n) is 6.04. The lowest BCUT2D eigenvalue weighted by Crippen LogP contribution is -2.58. The molecule has 1 aliphatic heterocycles. The highest BCUT2D eigenvalue weighted by atomic mass is 19.4. The molecule has 0 bridgehead atoms. The molecular weight excluding hydrogens is 229 g/mol. The molecule has 0 aromatic rings. The maximum absolute atomic E-state index is 12.3. The van der Waals surface area contributed by atoms with Crippen LogP contribution >= 0.6 is 0 Å². The summed E-state index contributed by atoms with van der Waals surface area (Å²) in [6.45, 7) is 10.2. The lowest BCUT2D eigenvalue weighted by Gasteiger charge is -2.43. The van der Waals surface area contributed by atoms with Gasteiger partial charge in [0.15, 0.2) is 0 Å². The first-order valence-electron chi connectivity index (χ1n) is 6.14. The molecule has 1 heterocycles. The zero-order valence-corrected chi connectivity index (χ0v) is 11.1. The summed E-state index contributed by atoms with van der Waals surface area (Å²) in [5, 5.41) is 3.38. The van der Waals surface area contributed by atoms with Gasteiger partial charge in [0, 0.05) is 31.7 Å². The van der Waals surface area contributed by atoms with E-state index in [4.69, 9.17) is 0 Å². The van der Waals surface area contributed by atoms with Gasteiger partial charge in [-0.1, -0.05) is 20.8 Å². The zero-order valence-electron chi connectivity index (χ0n) is 11.1. The summed E-state index contributed by atoms with van der Waals surface area (Å²) in [4.78, 5) is 1.94. The fourth-order valence-corrected chi connectivity index (χ4v) is 2.22. The van der Waals surface area contributed by atoms with Crippen LogP contribution in [-0.4, -0.2) is 42.8 Å². The monoisotopic (exact) mass is 252 g/mol. The van der Waals surface area contributed by atoms with Gasteiger partial charge in [0.25, 0.3) is 0 Å². The SMILES string of the molecule is CC(CC(F)(F)F)N1CCNC(C(C)(C)C)C1. The van der Waals surface area contributed by atoms with E-state index in [2.05, 4.69) is 26.1 Å². The summed E-state index contributed by atoms with van der Waals surface area (Å²) in [7, 11) is 0. The van der Waals surface area contributed by atoms with Crippen molar-refractivity contribution in [2.75, 3.05) is 19.6 Å². The van der Waals surface area contributed by atoms with Crippen molar-refractivity contribution in [3.8, 4) is 0 Å². The van der Waals surface area contributed by atoms with E-state index in [1.807, 2.05) is 4.90 Å². The van der Waals surface area contributed by atoms with Gasteiger partial charge in [-0.15, -0.1) is 0 Å². The van der Waals surface area contributed by atoms with Crippen molar-refractivity contribution in [2.45, 2.75) is 52.4 Å². The Hall–Kier alpha value is -0.290. The Bertz CT molecular complexity index is 245. The van der Waals surface area contributed by atoms with E-state index in [9.17, 15) is 13.2 Å². The van der Waals surface area contributed by atoms with E-state index >= 15 is 0 Å². The van der Waals surface area contributed by atoms with Gasteiger partial charge in [-0.05, 0) is 12.3 Å². The number of nitrogens with zero attached hydrogens (tertiary/aromatic N) is 1. The third-order valence-electron chi connectivity index (χ3n) is 3.40. The van der Waals surface area contributed by atoms with Crippen molar-refractivity contribution in [2.24, 2.45) is 5.41 Å². The fourth-order valence-electron chi connectivity index (χ4n) is 2.22. The van der Waals surface area contributed by atoms with Crippen molar-refractivity contribution in [1.29, 1.82) is 0 Å². The molecule has 0 spiro atoms. The second kappa shape index (κ2) is 5.14. The quantitative estimate of drug-likeness (QED) is 0.812. The lowest BCUT2D eigenvalue weighted by molar-refractivity contribution is -0.147. The molecule has 0 amide bonds. The molecular formula is C12H23F3N2. The Balaban J connectivity index is 2.55. The molecule has 0 aromatic heterocycles. The van der Waals surface area contributed by atoms with Crippen LogP contribution in [0.15, 0.2) is 0 Å². The number of alkyl halides is 3. The molecule has 2 unspecified atom stereocenters. The molecule has 2 atom stereocenters. The number of hydrogen-bond donors (Lipinski definition) is 1. The summed E-state index contributed by atoms with van der Waals surface area (Å²) in [6, 6.07) is -0.172. The van der Waals surface area contributed by atoms with Crippen LogP contribution in [0.4, 0.5) is 13.2 Å². The highest BCUT2D eigenvalue weighted by Crippen LogP contribution is 2.27. The Morgan fingerprint density at radius 1 is 1.29 bits per heavy atom. The van der Waals surface area contributed by atoms with Crippen LogP contribution in [0.2, 0.25) is 0 Å². The van der Waals surface area contributed by atoms with Crippen LogP contribution in [0.5, 0.6) is 0 Å². The first-order chi connectivity index (χ1) is 7.59. The van der Waals surface area contributed by atoms with E-state index < -0.39 is 18.6 Å². The molecule has 1 aliphatic rings. The van der Waals surface area contributed by atoms with Gasteiger partial charge in [-0.3, -0.25) is 4.90 Å². The summed E-state index contributed by atoms with van der Waals surface area (Å²) in [5.41, 5.74) is 0.0800.